The lowest BCUT2D eigenvalue weighted by molar-refractivity contribution is 1.07. The van der Waals surface area contributed by atoms with Gasteiger partial charge in [0.1, 0.15) is 0 Å². The molecule has 0 radical (unpaired) electrons. The second-order valence-electron chi connectivity index (χ2n) is 18.3. The van der Waals surface area contributed by atoms with Gasteiger partial charge in [-0.25, -0.2) is 29.9 Å². The van der Waals surface area contributed by atoms with E-state index in [1.807, 2.05) is 121 Å². The van der Waals surface area contributed by atoms with Gasteiger partial charge in [0.15, 0.2) is 34.9 Å². The van der Waals surface area contributed by atoms with Crippen molar-refractivity contribution in [2.24, 2.45) is 0 Å². The third-order valence-electron chi connectivity index (χ3n) is 13.8. The summed E-state index contributed by atoms with van der Waals surface area (Å²) in [5.41, 5.74) is 14.4. The minimum Gasteiger partial charge on any atom is -0.309 e. The van der Waals surface area contributed by atoms with Gasteiger partial charge in [-0.05, 0) is 83.9 Å². The number of para-hydroxylation sites is 2. The molecule has 0 saturated carbocycles. The van der Waals surface area contributed by atoms with Crippen LogP contribution in [0.3, 0.4) is 0 Å². The summed E-state index contributed by atoms with van der Waals surface area (Å²) in [6, 6.07) is 88.5. The zero-order chi connectivity index (χ0) is 49.0. The molecule has 8 nitrogen and oxygen atoms in total. The van der Waals surface area contributed by atoms with Gasteiger partial charge in [-0.2, -0.15) is 0 Å². The smallest absolute Gasteiger partial charge is 0.164 e. The lowest BCUT2D eigenvalue weighted by Gasteiger charge is -2.12. The van der Waals surface area contributed by atoms with Crippen molar-refractivity contribution in [2.75, 3.05) is 0 Å². The van der Waals surface area contributed by atoms with Gasteiger partial charge in [-0.3, -0.25) is 0 Å². The topological polar surface area (TPSA) is 87.2 Å². The second-order valence-corrected chi connectivity index (χ2v) is 18.3. The van der Waals surface area contributed by atoms with Crippen molar-refractivity contribution < 1.29 is 0 Å². The quantitative estimate of drug-likeness (QED) is 0.143. The fourth-order valence-electron chi connectivity index (χ4n) is 10.3. The molecule has 0 aliphatic heterocycles. The molecule has 0 fully saturated rings. The van der Waals surface area contributed by atoms with Crippen LogP contribution in [-0.2, 0) is 0 Å². The van der Waals surface area contributed by atoms with Crippen molar-refractivity contribution in [3.63, 3.8) is 0 Å². The molecule has 0 atom stereocenters. The Labute approximate surface area is 426 Å². The third kappa shape index (κ3) is 7.57. The number of aromatic nitrogens is 8. The number of fused-ring (bicyclic) bond motifs is 6. The zero-order valence-electron chi connectivity index (χ0n) is 39.8. The molecule has 10 aromatic carbocycles. The highest BCUT2D eigenvalue weighted by molar-refractivity contribution is 6.12. The highest BCUT2D eigenvalue weighted by Gasteiger charge is 2.19. The Morgan fingerprint density at radius 3 is 0.743 bits per heavy atom. The molecule has 0 bridgehead atoms. The molecule has 8 heteroatoms. The van der Waals surface area contributed by atoms with E-state index in [-0.39, 0.29) is 0 Å². The fraction of sp³-hybridized carbons (Fsp3) is 0. The normalized spacial score (nSPS) is 11.5. The monoisotopic (exact) mass is 946 g/mol. The lowest BCUT2D eigenvalue weighted by Crippen LogP contribution is -2.00. The maximum atomic E-state index is 5.00. The van der Waals surface area contributed by atoms with Gasteiger partial charge in [-0.15, -0.1) is 0 Å². The van der Waals surface area contributed by atoms with Crippen molar-refractivity contribution in [1.82, 2.24) is 39.0 Å². The van der Waals surface area contributed by atoms with Crippen molar-refractivity contribution in [3.05, 3.63) is 255 Å². The first-order chi connectivity index (χ1) is 36.7. The second kappa shape index (κ2) is 17.9. The molecule has 0 N–H and O–H groups in total. The summed E-state index contributed by atoms with van der Waals surface area (Å²) in [6.07, 6.45) is 0. The van der Waals surface area contributed by atoms with Crippen LogP contribution in [-0.4, -0.2) is 39.0 Å². The van der Waals surface area contributed by atoms with Crippen LogP contribution in [0.1, 0.15) is 0 Å². The Hall–Kier alpha value is -10.2. The molecule has 0 unspecified atom stereocenters. The van der Waals surface area contributed by atoms with E-state index in [9.17, 15) is 0 Å². The summed E-state index contributed by atoms with van der Waals surface area (Å²) in [4.78, 5) is 29.8. The Morgan fingerprint density at radius 1 is 0.189 bits per heavy atom. The molecule has 74 heavy (non-hydrogen) atoms. The maximum absolute atomic E-state index is 5.00. The van der Waals surface area contributed by atoms with Crippen molar-refractivity contribution >= 4 is 43.6 Å². The Kier molecular flexibility index (Phi) is 10.3. The molecule has 0 aliphatic carbocycles. The molecule has 14 aromatic rings. The first-order valence-corrected chi connectivity index (χ1v) is 24.7. The average molecular weight is 947 g/mol. The summed E-state index contributed by atoms with van der Waals surface area (Å²) in [5.74, 6) is 3.78. The van der Waals surface area contributed by atoms with Crippen LogP contribution in [0.15, 0.2) is 255 Å². The molecular weight excluding hydrogens is 905 g/mol. The molecule has 0 spiro atoms. The van der Waals surface area contributed by atoms with Gasteiger partial charge in [0.2, 0.25) is 0 Å². The summed E-state index contributed by atoms with van der Waals surface area (Å²) in [6.45, 7) is 0. The number of nitrogens with zero attached hydrogens (tertiary/aromatic N) is 8. The Bertz CT molecular complexity index is 3980. The van der Waals surface area contributed by atoms with E-state index in [2.05, 4.69) is 143 Å². The van der Waals surface area contributed by atoms with Gasteiger partial charge in [0.05, 0.1) is 22.1 Å². The van der Waals surface area contributed by atoms with E-state index in [1.54, 1.807) is 0 Å². The molecular formula is C66H42N8. The summed E-state index contributed by atoms with van der Waals surface area (Å²) < 4.78 is 4.73. The number of rotatable bonds is 9. The minimum atomic E-state index is 0.620. The van der Waals surface area contributed by atoms with Gasteiger partial charge < -0.3 is 9.13 Å². The highest BCUT2D eigenvalue weighted by Crippen LogP contribution is 2.39. The van der Waals surface area contributed by atoms with Gasteiger partial charge in [-0.1, -0.05) is 182 Å². The first kappa shape index (κ1) is 42.7. The van der Waals surface area contributed by atoms with Crippen LogP contribution in [0.25, 0.3) is 134 Å². The molecule has 0 amide bonds. The van der Waals surface area contributed by atoms with Crippen LogP contribution in [0.2, 0.25) is 0 Å². The summed E-state index contributed by atoms with van der Waals surface area (Å²) >= 11 is 0. The molecule has 4 heterocycles. The van der Waals surface area contributed by atoms with Crippen molar-refractivity contribution in [1.29, 1.82) is 0 Å². The fourth-order valence-corrected chi connectivity index (χ4v) is 10.3. The van der Waals surface area contributed by atoms with Crippen LogP contribution in [0.4, 0.5) is 0 Å². The predicted octanol–water partition coefficient (Wildman–Crippen LogP) is 15.9. The number of hydrogen-bond acceptors (Lipinski definition) is 6. The standard InChI is InChI=1S/C66H42N8/c1-5-17-43(18-6-1)61-67-62(44-19-7-2-8-20-44)70-65(69-61)47-29-35-51(36-30-47)73-57-27-15-13-25-53(57)55-39-33-49(41-59(55)73)50-34-40-56-54-26-14-16-28-58(54)74(60(56)42-50)52-37-31-48(32-38-52)66-71-63(45-21-9-3-10-22-45)68-64(72-66)46-23-11-4-12-24-46/h1-42H. The molecule has 14 rings (SSSR count). The average Bonchev–Trinajstić information content (AvgIpc) is 4.00. The van der Waals surface area contributed by atoms with Gasteiger partial charge >= 0.3 is 0 Å². The predicted molar refractivity (Wildman–Crippen MR) is 300 cm³/mol. The molecule has 4 aromatic heterocycles. The lowest BCUT2D eigenvalue weighted by atomic mass is 10.0. The Morgan fingerprint density at radius 2 is 0.432 bits per heavy atom. The summed E-state index contributed by atoms with van der Waals surface area (Å²) in [7, 11) is 0. The van der Waals surface area contributed by atoms with E-state index >= 15 is 0 Å². The van der Waals surface area contributed by atoms with Gasteiger partial charge in [0, 0.05) is 66.3 Å². The van der Waals surface area contributed by atoms with E-state index < -0.39 is 0 Å². The van der Waals surface area contributed by atoms with Gasteiger partial charge in [0.25, 0.3) is 0 Å². The van der Waals surface area contributed by atoms with Crippen LogP contribution in [0.5, 0.6) is 0 Å². The molecule has 0 aliphatic rings. The van der Waals surface area contributed by atoms with Crippen LogP contribution in [0, 0.1) is 0 Å². The highest BCUT2D eigenvalue weighted by atomic mass is 15.0. The molecule has 346 valence electrons. The van der Waals surface area contributed by atoms with E-state index in [1.165, 1.54) is 21.5 Å². The van der Waals surface area contributed by atoms with Crippen molar-refractivity contribution in [2.45, 2.75) is 0 Å². The maximum Gasteiger partial charge on any atom is 0.164 e. The van der Waals surface area contributed by atoms with Crippen LogP contribution < -0.4 is 0 Å². The largest absolute Gasteiger partial charge is 0.309 e. The SMILES string of the molecule is c1ccc(-c2nc(-c3ccccc3)nc(-c3ccc(-n4c5ccccc5c5ccc(-c6ccc7c8ccccc8n(-c8ccc(-c9nc(-c%10ccccc%10)nc(-c%10ccccc%10)n9)cc8)c7c6)cc54)cc3)n2)cc1. The minimum absolute atomic E-state index is 0.620. The molecule has 0 saturated heterocycles. The van der Waals surface area contributed by atoms with Crippen LogP contribution >= 0.6 is 0 Å². The number of hydrogen-bond donors (Lipinski definition) is 0. The van der Waals surface area contributed by atoms with Crippen molar-refractivity contribution in [3.8, 4) is 90.8 Å². The number of benzene rings is 10. The van der Waals surface area contributed by atoms with E-state index in [0.29, 0.717) is 34.9 Å². The first-order valence-electron chi connectivity index (χ1n) is 24.7. The van der Waals surface area contributed by atoms with E-state index in [4.69, 9.17) is 29.9 Å². The summed E-state index contributed by atoms with van der Waals surface area (Å²) in [5, 5.41) is 4.76. The Balaban J connectivity index is 0.852. The third-order valence-corrected chi connectivity index (χ3v) is 13.8. The van der Waals surface area contributed by atoms with E-state index in [0.717, 1.165) is 77.9 Å². The zero-order valence-corrected chi connectivity index (χ0v) is 39.8.